The van der Waals surface area contributed by atoms with Crippen LogP contribution in [0.25, 0.3) is 0 Å². The van der Waals surface area contributed by atoms with E-state index in [-0.39, 0.29) is 12.2 Å². The molecule has 0 spiro atoms. The number of carbonyl (C=O) groups is 1. The molecule has 5 nitrogen and oxygen atoms in total. The molecule has 20 heavy (non-hydrogen) atoms. The summed E-state index contributed by atoms with van der Waals surface area (Å²) < 4.78 is 31.4. The Bertz CT molecular complexity index is 468. The summed E-state index contributed by atoms with van der Waals surface area (Å²) in [5.74, 6) is -4.17. The van der Waals surface area contributed by atoms with E-state index in [0.29, 0.717) is 0 Å². The topological polar surface area (TPSA) is 69.4 Å². The highest BCUT2D eigenvalue weighted by Crippen LogP contribution is 2.27. The van der Waals surface area contributed by atoms with Crippen LogP contribution >= 0.6 is 0 Å². The second kappa shape index (κ2) is 8.19. The van der Waals surface area contributed by atoms with Crippen molar-refractivity contribution in [2.24, 2.45) is 0 Å². The minimum atomic E-state index is -1.31. The lowest BCUT2D eigenvalue weighted by Gasteiger charge is -2.11. The molecule has 1 aromatic rings. The van der Waals surface area contributed by atoms with E-state index in [0.717, 1.165) is 12.1 Å². The monoisotopic (exact) mass is 289 g/mol. The highest BCUT2D eigenvalue weighted by Gasteiger charge is 2.25. The summed E-state index contributed by atoms with van der Waals surface area (Å²) in [5, 5.41) is 10.4. The van der Waals surface area contributed by atoms with E-state index >= 15 is 0 Å². The maximum atomic E-state index is 13.3. The Kier molecular flexibility index (Phi) is 7.35. The third kappa shape index (κ3) is 4.25. The summed E-state index contributed by atoms with van der Waals surface area (Å²) in [6.45, 7) is 7.14. The van der Waals surface area contributed by atoms with Crippen molar-refractivity contribution in [1.82, 2.24) is 0 Å². The van der Waals surface area contributed by atoms with Crippen molar-refractivity contribution in [2.45, 2.75) is 33.6 Å². The molecule has 0 N–H and O–H groups in total. The van der Waals surface area contributed by atoms with E-state index < -0.39 is 34.1 Å². The molecule has 0 aliphatic heterocycles. The zero-order valence-corrected chi connectivity index (χ0v) is 11.8. The van der Waals surface area contributed by atoms with Gasteiger partial charge in [0.05, 0.1) is 17.4 Å². The van der Waals surface area contributed by atoms with Crippen LogP contribution in [0.1, 0.15) is 39.2 Å². The van der Waals surface area contributed by atoms with Crippen molar-refractivity contribution in [3.05, 3.63) is 39.4 Å². The number of hydrogen-bond donors (Lipinski definition) is 0. The molecule has 0 aliphatic rings. The number of benzene rings is 1. The van der Waals surface area contributed by atoms with Crippen LogP contribution < -0.4 is 0 Å². The molecule has 0 aromatic heterocycles. The first kappa shape index (κ1) is 17.9. The van der Waals surface area contributed by atoms with E-state index in [4.69, 9.17) is 4.74 Å². The van der Waals surface area contributed by atoms with Crippen molar-refractivity contribution in [2.75, 3.05) is 6.61 Å². The number of hydrogen-bond acceptors (Lipinski definition) is 4. The van der Waals surface area contributed by atoms with Gasteiger partial charge >= 0.3 is 11.7 Å². The average molecular weight is 289 g/mol. The lowest BCUT2D eigenvalue weighted by molar-refractivity contribution is -0.390. The van der Waals surface area contributed by atoms with Crippen LogP contribution in [0.4, 0.5) is 14.5 Å². The Balaban J connectivity index is 0.00000172. The molecule has 1 atom stereocenters. The third-order valence-corrected chi connectivity index (χ3v) is 2.36. The molecule has 0 aliphatic carbocycles. The summed E-state index contributed by atoms with van der Waals surface area (Å²) in [7, 11) is 0. The lowest BCUT2D eigenvalue weighted by Crippen LogP contribution is -2.14. The van der Waals surface area contributed by atoms with E-state index in [1.807, 2.05) is 13.8 Å². The molecular weight excluding hydrogens is 272 g/mol. The first-order valence-electron chi connectivity index (χ1n) is 6.18. The number of halogens is 2. The maximum Gasteiger partial charge on any atom is 0.340 e. The van der Waals surface area contributed by atoms with E-state index in [1.165, 1.54) is 6.92 Å². The maximum absolute atomic E-state index is 13.3. The molecule has 0 saturated heterocycles. The van der Waals surface area contributed by atoms with Crippen LogP contribution in [0.5, 0.6) is 0 Å². The number of nitro groups is 1. The Hall–Kier alpha value is -2.05. The van der Waals surface area contributed by atoms with Gasteiger partial charge in [-0.15, -0.1) is 0 Å². The van der Waals surface area contributed by atoms with E-state index in [1.54, 1.807) is 6.92 Å². The first-order valence-corrected chi connectivity index (χ1v) is 6.18. The zero-order valence-electron chi connectivity index (χ0n) is 11.8. The predicted octanol–water partition coefficient (Wildman–Crippen LogP) is 3.57. The zero-order chi connectivity index (χ0) is 15.9. The summed E-state index contributed by atoms with van der Waals surface area (Å²) in [6.07, 6.45) is 0. The number of nitrogens with zero attached hydrogens (tertiary/aromatic N) is 1. The van der Waals surface area contributed by atoms with Crippen LogP contribution in [0.3, 0.4) is 0 Å². The van der Waals surface area contributed by atoms with Gasteiger partial charge in [-0.2, -0.15) is 8.78 Å². The third-order valence-electron chi connectivity index (χ3n) is 2.36. The molecule has 0 amide bonds. The molecule has 1 unspecified atom stereocenters. The second-order valence-corrected chi connectivity index (χ2v) is 3.56. The Morgan fingerprint density at radius 1 is 1.35 bits per heavy atom. The molecular formula is C13H17F2NO4. The van der Waals surface area contributed by atoms with Gasteiger partial charge in [0, 0.05) is 0 Å². The SMILES string of the molecule is CC.CCOC(=O)C(C)c1cc(F)c([N+](=O)[O-])c(F)c1. The van der Waals surface area contributed by atoms with Gasteiger partial charge in [0.25, 0.3) is 0 Å². The van der Waals surface area contributed by atoms with Gasteiger partial charge in [-0.05, 0) is 31.5 Å². The molecule has 0 heterocycles. The van der Waals surface area contributed by atoms with E-state index in [2.05, 4.69) is 0 Å². The molecule has 0 bridgehead atoms. The second-order valence-electron chi connectivity index (χ2n) is 3.56. The summed E-state index contributed by atoms with van der Waals surface area (Å²) in [6, 6.07) is 1.53. The predicted molar refractivity (Wildman–Crippen MR) is 69.4 cm³/mol. The largest absolute Gasteiger partial charge is 0.466 e. The highest BCUT2D eigenvalue weighted by molar-refractivity contribution is 5.77. The number of ether oxygens (including phenoxy) is 1. The minimum absolute atomic E-state index is 0.00551. The first-order chi connectivity index (χ1) is 9.38. The number of nitro benzene ring substituents is 1. The van der Waals surface area contributed by atoms with Crippen LogP contribution in [0.15, 0.2) is 12.1 Å². The van der Waals surface area contributed by atoms with Crippen molar-refractivity contribution >= 4 is 11.7 Å². The highest BCUT2D eigenvalue weighted by atomic mass is 19.1. The molecule has 1 rings (SSSR count). The molecule has 112 valence electrons. The van der Waals surface area contributed by atoms with Gasteiger partial charge in [0.15, 0.2) is 0 Å². The standard InChI is InChI=1S/C11H11F2NO4.C2H6/c1-3-18-11(15)6(2)7-4-8(12)10(14(16)17)9(13)5-7;1-2/h4-6H,3H2,1-2H3;1-2H3. The summed E-state index contributed by atoms with van der Waals surface area (Å²) >= 11 is 0. The number of esters is 1. The fourth-order valence-electron chi connectivity index (χ4n) is 1.41. The van der Waals surface area contributed by atoms with Gasteiger partial charge in [0.1, 0.15) is 0 Å². The average Bonchev–Trinajstić information content (AvgIpc) is 2.39. The molecule has 1 aromatic carbocycles. The van der Waals surface area contributed by atoms with Crippen molar-refractivity contribution in [3.8, 4) is 0 Å². The fourth-order valence-corrected chi connectivity index (χ4v) is 1.41. The Labute approximate surface area is 115 Å². The Morgan fingerprint density at radius 2 is 1.80 bits per heavy atom. The summed E-state index contributed by atoms with van der Waals surface area (Å²) in [4.78, 5) is 20.6. The molecule has 0 fully saturated rings. The van der Waals surface area contributed by atoms with Gasteiger partial charge < -0.3 is 4.74 Å². The normalized spacial score (nSPS) is 11.1. The Morgan fingerprint density at radius 3 is 2.15 bits per heavy atom. The molecule has 0 saturated carbocycles. The minimum Gasteiger partial charge on any atom is -0.466 e. The molecule has 7 heteroatoms. The quantitative estimate of drug-likeness (QED) is 0.482. The molecule has 0 radical (unpaired) electrons. The smallest absolute Gasteiger partial charge is 0.340 e. The van der Waals surface area contributed by atoms with Crippen molar-refractivity contribution in [3.63, 3.8) is 0 Å². The van der Waals surface area contributed by atoms with Gasteiger partial charge in [-0.1, -0.05) is 13.8 Å². The fraction of sp³-hybridized carbons (Fsp3) is 0.462. The number of rotatable bonds is 4. The number of carbonyl (C=O) groups excluding carboxylic acids is 1. The van der Waals surface area contributed by atoms with Crippen LogP contribution in [0.2, 0.25) is 0 Å². The van der Waals surface area contributed by atoms with Crippen LogP contribution in [-0.2, 0) is 9.53 Å². The summed E-state index contributed by atoms with van der Waals surface area (Å²) in [5.41, 5.74) is -1.23. The van der Waals surface area contributed by atoms with Gasteiger partial charge in [0.2, 0.25) is 11.6 Å². The van der Waals surface area contributed by atoms with Crippen LogP contribution in [-0.4, -0.2) is 17.5 Å². The van der Waals surface area contributed by atoms with E-state index in [9.17, 15) is 23.7 Å². The van der Waals surface area contributed by atoms with Crippen molar-refractivity contribution < 1.29 is 23.2 Å². The van der Waals surface area contributed by atoms with Crippen molar-refractivity contribution in [1.29, 1.82) is 0 Å². The lowest BCUT2D eigenvalue weighted by atomic mass is 10.0. The van der Waals surface area contributed by atoms with Crippen LogP contribution in [0, 0.1) is 21.7 Å². The van der Waals surface area contributed by atoms with Gasteiger partial charge in [-0.3, -0.25) is 14.9 Å². The van der Waals surface area contributed by atoms with Gasteiger partial charge in [-0.25, -0.2) is 0 Å².